The summed E-state index contributed by atoms with van der Waals surface area (Å²) in [4.78, 5) is 27.5. The molecule has 2 amide bonds. The molecule has 0 saturated heterocycles. The summed E-state index contributed by atoms with van der Waals surface area (Å²) in [7, 11) is 0. The summed E-state index contributed by atoms with van der Waals surface area (Å²) in [5, 5.41) is 3.85. The van der Waals surface area contributed by atoms with Crippen LogP contribution in [0.1, 0.15) is 43.4 Å². The monoisotopic (exact) mass is 464 g/mol. The van der Waals surface area contributed by atoms with E-state index in [9.17, 15) is 9.59 Å². The van der Waals surface area contributed by atoms with Crippen molar-refractivity contribution in [3.8, 4) is 5.75 Å². The Hall–Kier alpha value is -2.24. The number of ether oxygens (including phenoxy) is 1. The Labute approximate surface area is 194 Å². The lowest BCUT2D eigenvalue weighted by Crippen LogP contribution is -2.50. The summed E-state index contributed by atoms with van der Waals surface area (Å²) in [5.74, 6) is 0.172. The molecule has 168 valence electrons. The topological polar surface area (TPSA) is 58.6 Å². The van der Waals surface area contributed by atoms with Gasteiger partial charge in [-0.15, -0.1) is 0 Å². The standard InChI is InChI=1S/C24H30Cl2N2O3/c1-5-11-27-24(30)21(6-2)28(14-18-8-9-19(25)13-20(18)26)23(29)15-31-22-10-7-16(3)12-17(22)4/h7-10,12-13,21H,5-6,11,14-15H2,1-4H3,(H,27,30)/t21-/m0/s1. The van der Waals surface area contributed by atoms with Crippen molar-refractivity contribution < 1.29 is 14.3 Å². The highest BCUT2D eigenvalue weighted by Crippen LogP contribution is 2.24. The van der Waals surface area contributed by atoms with E-state index in [1.165, 1.54) is 4.90 Å². The van der Waals surface area contributed by atoms with E-state index >= 15 is 0 Å². The fourth-order valence-electron chi connectivity index (χ4n) is 3.30. The van der Waals surface area contributed by atoms with E-state index in [1.54, 1.807) is 18.2 Å². The maximum Gasteiger partial charge on any atom is 0.261 e. The van der Waals surface area contributed by atoms with Crippen LogP contribution in [-0.2, 0) is 16.1 Å². The van der Waals surface area contributed by atoms with Crippen molar-refractivity contribution in [3.63, 3.8) is 0 Å². The highest BCUT2D eigenvalue weighted by atomic mass is 35.5. The summed E-state index contributed by atoms with van der Waals surface area (Å²) in [6, 6.07) is 10.3. The summed E-state index contributed by atoms with van der Waals surface area (Å²) in [5.41, 5.74) is 2.79. The highest BCUT2D eigenvalue weighted by Gasteiger charge is 2.29. The molecule has 0 spiro atoms. The molecular weight excluding hydrogens is 435 g/mol. The van der Waals surface area contributed by atoms with Crippen LogP contribution in [0, 0.1) is 13.8 Å². The molecule has 1 N–H and O–H groups in total. The maximum atomic E-state index is 13.2. The van der Waals surface area contributed by atoms with Crippen molar-refractivity contribution in [1.82, 2.24) is 10.2 Å². The van der Waals surface area contributed by atoms with Crippen LogP contribution in [0.3, 0.4) is 0 Å². The van der Waals surface area contributed by atoms with Crippen LogP contribution in [0.2, 0.25) is 10.0 Å². The van der Waals surface area contributed by atoms with E-state index in [0.717, 1.165) is 17.5 Å². The SMILES string of the molecule is CCCNC(=O)[C@H](CC)N(Cc1ccc(Cl)cc1Cl)C(=O)COc1ccc(C)cc1C. The third-order valence-corrected chi connectivity index (χ3v) is 5.56. The first-order valence-corrected chi connectivity index (χ1v) is 11.2. The Balaban J connectivity index is 2.25. The van der Waals surface area contributed by atoms with E-state index in [1.807, 2.05) is 45.9 Å². The number of amides is 2. The van der Waals surface area contributed by atoms with Gasteiger partial charge in [0.1, 0.15) is 11.8 Å². The number of halogens is 2. The molecule has 1 atom stereocenters. The summed E-state index contributed by atoms with van der Waals surface area (Å²) in [6.07, 6.45) is 1.28. The Morgan fingerprint density at radius 2 is 1.84 bits per heavy atom. The Morgan fingerprint density at radius 3 is 2.45 bits per heavy atom. The molecule has 2 aromatic carbocycles. The third kappa shape index (κ3) is 7.15. The van der Waals surface area contributed by atoms with Crippen molar-refractivity contribution in [2.45, 2.75) is 53.1 Å². The second kappa shape index (κ2) is 12.0. The van der Waals surface area contributed by atoms with Crippen molar-refractivity contribution in [2.24, 2.45) is 0 Å². The van der Waals surface area contributed by atoms with Gasteiger partial charge in [-0.3, -0.25) is 9.59 Å². The molecule has 0 aliphatic heterocycles. The van der Waals surface area contributed by atoms with Gasteiger partial charge in [0.15, 0.2) is 6.61 Å². The predicted molar refractivity (Wildman–Crippen MR) is 126 cm³/mol. The summed E-state index contributed by atoms with van der Waals surface area (Å²) >= 11 is 12.4. The molecule has 0 aliphatic rings. The van der Waals surface area contributed by atoms with Crippen LogP contribution in [-0.4, -0.2) is 35.9 Å². The number of nitrogens with one attached hydrogen (secondary N) is 1. The number of nitrogens with zero attached hydrogens (tertiary/aromatic N) is 1. The quantitative estimate of drug-likeness (QED) is 0.517. The van der Waals surface area contributed by atoms with Gasteiger partial charge in [0.25, 0.3) is 5.91 Å². The van der Waals surface area contributed by atoms with Crippen LogP contribution >= 0.6 is 23.2 Å². The van der Waals surface area contributed by atoms with Crippen molar-refractivity contribution in [3.05, 3.63) is 63.1 Å². The van der Waals surface area contributed by atoms with Gasteiger partial charge in [0, 0.05) is 23.1 Å². The highest BCUT2D eigenvalue weighted by molar-refractivity contribution is 6.35. The molecule has 0 heterocycles. The number of carbonyl (C=O) groups excluding carboxylic acids is 2. The first-order chi connectivity index (χ1) is 14.8. The smallest absolute Gasteiger partial charge is 0.261 e. The lowest BCUT2D eigenvalue weighted by Gasteiger charge is -2.31. The van der Waals surface area contributed by atoms with Crippen molar-refractivity contribution >= 4 is 35.0 Å². The first kappa shape index (κ1) is 25.0. The molecule has 31 heavy (non-hydrogen) atoms. The zero-order valence-electron chi connectivity index (χ0n) is 18.5. The fourth-order valence-corrected chi connectivity index (χ4v) is 3.77. The van der Waals surface area contributed by atoms with Gasteiger partial charge >= 0.3 is 0 Å². The van der Waals surface area contributed by atoms with Gasteiger partial charge in [-0.05, 0) is 56.0 Å². The van der Waals surface area contributed by atoms with Gasteiger partial charge in [-0.1, -0.05) is 60.8 Å². The zero-order valence-corrected chi connectivity index (χ0v) is 20.0. The van der Waals surface area contributed by atoms with Crippen LogP contribution in [0.5, 0.6) is 5.75 Å². The average molecular weight is 465 g/mol. The Kier molecular flexibility index (Phi) is 9.66. The Bertz CT molecular complexity index is 918. The second-order valence-electron chi connectivity index (χ2n) is 7.53. The number of hydrogen-bond donors (Lipinski definition) is 1. The van der Waals surface area contributed by atoms with Crippen LogP contribution in [0.15, 0.2) is 36.4 Å². The summed E-state index contributed by atoms with van der Waals surface area (Å²) < 4.78 is 5.80. The lowest BCUT2D eigenvalue weighted by molar-refractivity contribution is -0.143. The summed E-state index contributed by atoms with van der Waals surface area (Å²) in [6.45, 7) is 8.36. The van der Waals surface area contributed by atoms with Gasteiger partial charge in [0.05, 0.1) is 0 Å². The molecule has 0 saturated carbocycles. The predicted octanol–water partition coefficient (Wildman–Crippen LogP) is 5.32. The average Bonchev–Trinajstić information content (AvgIpc) is 2.72. The van der Waals surface area contributed by atoms with Gasteiger partial charge in [0.2, 0.25) is 5.91 Å². The molecule has 0 fully saturated rings. The Morgan fingerprint density at radius 1 is 1.10 bits per heavy atom. The number of benzene rings is 2. The minimum atomic E-state index is -0.631. The number of rotatable bonds is 10. The fraction of sp³-hybridized carbons (Fsp3) is 0.417. The van der Waals surface area contributed by atoms with Crippen molar-refractivity contribution in [1.29, 1.82) is 0 Å². The minimum Gasteiger partial charge on any atom is -0.483 e. The van der Waals surface area contributed by atoms with Crippen LogP contribution in [0.25, 0.3) is 0 Å². The molecule has 0 unspecified atom stereocenters. The number of hydrogen-bond acceptors (Lipinski definition) is 3. The van der Waals surface area contributed by atoms with E-state index in [2.05, 4.69) is 5.32 Å². The van der Waals surface area contributed by atoms with Gasteiger partial charge in [-0.25, -0.2) is 0 Å². The molecule has 7 heteroatoms. The molecule has 2 aromatic rings. The molecule has 0 aliphatic carbocycles. The van der Waals surface area contributed by atoms with Crippen LogP contribution in [0.4, 0.5) is 0 Å². The largest absolute Gasteiger partial charge is 0.483 e. The number of aryl methyl sites for hydroxylation is 2. The second-order valence-corrected chi connectivity index (χ2v) is 8.37. The molecular formula is C24H30Cl2N2O3. The van der Waals surface area contributed by atoms with Crippen molar-refractivity contribution in [2.75, 3.05) is 13.2 Å². The van der Waals surface area contributed by atoms with E-state index in [0.29, 0.717) is 34.3 Å². The number of carbonyl (C=O) groups is 2. The van der Waals surface area contributed by atoms with E-state index in [4.69, 9.17) is 27.9 Å². The first-order valence-electron chi connectivity index (χ1n) is 10.5. The van der Waals surface area contributed by atoms with Gasteiger partial charge < -0.3 is 15.0 Å². The molecule has 0 aromatic heterocycles. The normalized spacial score (nSPS) is 11.7. The minimum absolute atomic E-state index is 0.174. The van der Waals surface area contributed by atoms with Crippen LogP contribution < -0.4 is 10.1 Å². The molecule has 2 rings (SSSR count). The zero-order chi connectivity index (χ0) is 23.0. The van der Waals surface area contributed by atoms with Gasteiger partial charge in [-0.2, -0.15) is 0 Å². The molecule has 5 nitrogen and oxygen atoms in total. The molecule has 0 radical (unpaired) electrons. The van der Waals surface area contributed by atoms with E-state index in [-0.39, 0.29) is 25.0 Å². The molecule has 0 bridgehead atoms. The lowest BCUT2D eigenvalue weighted by atomic mass is 10.1. The third-order valence-electron chi connectivity index (χ3n) is 4.97. The maximum absolute atomic E-state index is 13.2. The van der Waals surface area contributed by atoms with E-state index < -0.39 is 6.04 Å².